The van der Waals surface area contributed by atoms with E-state index in [2.05, 4.69) is 32.4 Å². The fourth-order valence-corrected chi connectivity index (χ4v) is 1.89. The van der Waals surface area contributed by atoms with Gasteiger partial charge in [0, 0.05) is 5.02 Å². The van der Waals surface area contributed by atoms with Gasteiger partial charge in [-0.25, -0.2) is 0 Å². The summed E-state index contributed by atoms with van der Waals surface area (Å²) in [5, 5.41) is 0.899. The summed E-state index contributed by atoms with van der Waals surface area (Å²) in [6, 6.07) is 8.13. The molecule has 13 heavy (non-hydrogen) atoms. The SMILES string of the molecule is C[CH]CC(CC)c1ccccc1Cl. The van der Waals surface area contributed by atoms with Crippen LogP contribution in [0.2, 0.25) is 5.02 Å². The Kier molecular flexibility index (Phi) is 4.31. The third-order valence-electron chi connectivity index (χ3n) is 2.36. The predicted octanol–water partition coefficient (Wildman–Crippen LogP) is 4.45. The van der Waals surface area contributed by atoms with Crippen molar-refractivity contribution in [2.75, 3.05) is 0 Å². The van der Waals surface area contributed by atoms with Crippen LogP contribution < -0.4 is 0 Å². The molecule has 1 rings (SSSR count). The molecule has 0 amide bonds. The fraction of sp³-hybridized carbons (Fsp3) is 0.417. The van der Waals surface area contributed by atoms with Crippen molar-refractivity contribution >= 4 is 11.6 Å². The molecule has 0 bridgehead atoms. The fourth-order valence-electron chi connectivity index (χ4n) is 1.60. The Morgan fingerprint density at radius 1 is 1.38 bits per heavy atom. The van der Waals surface area contributed by atoms with Crippen molar-refractivity contribution in [2.24, 2.45) is 0 Å². The minimum Gasteiger partial charge on any atom is -0.0840 e. The van der Waals surface area contributed by atoms with Gasteiger partial charge in [0.15, 0.2) is 0 Å². The number of benzene rings is 1. The second kappa shape index (κ2) is 5.29. The van der Waals surface area contributed by atoms with Gasteiger partial charge in [-0.15, -0.1) is 0 Å². The van der Waals surface area contributed by atoms with E-state index in [1.807, 2.05) is 12.1 Å². The molecule has 0 aliphatic heterocycles. The Labute approximate surface area is 85.9 Å². The van der Waals surface area contributed by atoms with Gasteiger partial charge in [0.1, 0.15) is 0 Å². The lowest BCUT2D eigenvalue weighted by molar-refractivity contribution is 0.653. The molecule has 0 fully saturated rings. The lowest BCUT2D eigenvalue weighted by Gasteiger charge is -2.15. The summed E-state index contributed by atoms with van der Waals surface area (Å²) in [6.07, 6.45) is 4.46. The molecule has 0 nitrogen and oxygen atoms in total. The largest absolute Gasteiger partial charge is 0.0840 e. The number of hydrogen-bond donors (Lipinski definition) is 0. The zero-order valence-corrected chi connectivity index (χ0v) is 9.01. The average Bonchev–Trinajstić information content (AvgIpc) is 2.16. The van der Waals surface area contributed by atoms with Crippen molar-refractivity contribution in [3.8, 4) is 0 Å². The van der Waals surface area contributed by atoms with Gasteiger partial charge in [-0.3, -0.25) is 0 Å². The predicted molar refractivity (Wildman–Crippen MR) is 59.1 cm³/mol. The molecule has 1 atom stereocenters. The first-order chi connectivity index (χ1) is 6.29. The standard InChI is InChI=1S/C12H16Cl/c1-3-7-10(4-2)11-8-5-6-9-12(11)13/h3,5-6,8-10H,4,7H2,1-2H3. The van der Waals surface area contributed by atoms with Crippen LogP contribution in [0.1, 0.15) is 38.2 Å². The van der Waals surface area contributed by atoms with E-state index in [0.29, 0.717) is 5.92 Å². The maximum atomic E-state index is 6.12. The van der Waals surface area contributed by atoms with Crippen LogP contribution in [0.25, 0.3) is 0 Å². The van der Waals surface area contributed by atoms with E-state index < -0.39 is 0 Å². The second-order valence-electron chi connectivity index (χ2n) is 3.27. The highest BCUT2D eigenvalue weighted by Crippen LogP contribution is 2.29. The first-order valence-corrected chi connectivity index (χ1v) is 5.19. The Morgan fingerprint density at radius 3 is 2.62 bits per heavy atom. The molecule has 1 heteroatoms. The van der Waals surface area contributed by atoms with Gasteiger partial charge in [0.2, 0.25) is 0 Å². The van der Waals surface area contributed by atoms with E-state index >= 15 is 0 Å². The normalized spacial score (nSPS) is 12.8. The van der Waals surface area contributed by atoms with Crippen LogP contribution >= 0.6 is 11.6 Å². The monoisotopic (exact) mass is 195 g/mol. The molecule has 0 heterocycles. The summed E-state index contributed by atoms with van der Waals surface area (Å²) < 4.78 is 0. The molecule has 1 aromatic carbocycles. The summed E-state index contributed by atoms with van der Waals surface area (Å²) in [5.74, 6) is 0.582. The molecule has 0 aromatic heterocycles. The molecule has 0 aliphatic rings. The van der Waals surface area contributed by atoms with Crippen molar-refractivity contribution in [1.82, 2.24) is 0 Å². The third-order valence-corrected chi connectivity index (χ3v) is 2.70. The molecule has 1 radical (unpaired) electrons. The van der Waals surface area contributed by atoms with Crippen molar-refractivity contribution in [3.63, 3.8) is 0 Å². The Hall–Kier alpha value is -0.490. The van der Waals surface area contributed by atoms with Crippen LogP contribution in [0.5, 0.6) is 0 Å². The van der Waals surface area contributed by atoms with E-state index in [0.717, 1.165) is 17.9 Å². The van der Waals surface area contributed by atoms with Crippen LogP contribution in [-0.4, -0.2) is 0 Å². The molecular weight excluding hydrogens is 180 g/mol. The highest BCUT2D eigenvalue weighted by Gasteiger charge is 2.10. The summed E-state index contributed by atoms with van der Waals surface area (Å²) in [4.78, 5) is 0. The van der Waals surface area contributed by atoms with E-state index in [-0.39, 0.29) is 0 Å². The maximum absolute atomic E-state index is 6.12. The Bertz CT molecular complexity index is 255. The second-order valence-corrected chi connectivity index (χ2v) is 3.68. The molecule has 71 valence electrons. The van der Waals surface area contributed by atoms with Crippen molar-refractivity contribution in [1.29, 1.82) is 0 Å². The number of rotatable bonds is 4. The van der Waals surface area contributed by atoms with E-state index in [4.69, 9.17) is 11.6 Å². The molecule has 0 spiro atoms. The minimum atomic E-state index is 0.582. The lowest BCUT2D eigenvalue weighted by Crippen LogP contribution is -1.97. The molecule has 0 saturated carbocycles. The molecular formula is C12H16Cl. The van der Waals surface area contributed by atoms with Crippen LogP contribution in [0.4, 0.5) is 0 Å². The van der Waals surface area contributed by atoms with Gasteiger partial charge >= 0.3 is 0 Å². The first-order valence-electron chi connectivity index (χ1n) is 4.81. The van der Waals surface area contributed by atoms with Crippen molar-refractivity contribution in [2.45, 2.75) is 32.6 Å². The van der Waals surface area contributed by atoms with Crippen LogP contribution in [0.15, 0.2) is 24.3 Å². The molecule has 1 aromatic rings. The topological polar surface area (TPSA) is 0 Å². The summed E-state index contributed by atoms with van der Waals surface area (Å²) in [6.45, 7) is 4.30. The minimum absolute atomic E-state index is 0.582. The molecule has 0 aliphatic carbocycles. The van der Waals surface area contributed by atoms with Gasteiger partial charge in [-0.2, -0.15) is 0 Å². The van der Waals surface area contributed by atoms with Crippen LogP contribution in [0.3, 0.4) is 0 Å². The Balaban J connectivity index is 2.84. The quantitative estimate of drug-likeness (QED) is 0.666. The van der Waals surface area contributed by atoms with E-state index in [9.17, 15) is 0 Å². The molecule has 1 unspecified atom stereocenters. The van der Waals surface area contributed by atoms with Gasteiger partial charge in [0.05, 0.1) is 0 Å². The average molecular weight is 196 g/mol. The maximum Gasteiger partial charge on any atom is 0.0440 e. The van der Waals surface area contributed by atoms with Crippen molar-refractivity contribution < 1.29 is 0 Å². The van der Waals surface area contributed by atoms with Crippen LogP contribution in [-0.2, 0) is 0 Å². The van der Waals surface area contributed by atoms with Gasteiger partial charge in [-0.1, -0.05) is 43.6 Å². The number of halogens is 1. The Morgan fingerprint density at radius 2 is 2.08 bits per heavy atom. The zero-order valence-electron chi connectivity index (χ0n) is 8.26. The molecule has 0 saturated heterocycles. The lowest BCUT2D eigenvalue weighted by atomic mass is 9.92. The van der Waals surface area contributed by atoms with Crippen molar-refractivity contribution in [3.05, 3.63) is 41.3 Å². The summed E-state index contributed by atoms with van der Waals surface area (Å²) in [5.41, 5.74) is 1.28. The summed E-state index contributed by atoms with van der Waals surface area (Å²) in [7, 11) is 0. The van der Waals surface area contributed by atoms with Gasteiger partial charge in [0.25, 0.3) is 0 Å². The van der Waals surface area contributed by atoms with Gasteiger partial charge in [-0.05, 0) is 36.8 Å². The third kappa shape index (κ3) is 2.73. The van der Waals surface area contributed by atoms with E-state index in [1.165, 1.54) is 5.56 Å². The number of hydrogen-bond acceptors (Lipinski definition) is 0. The van der Waals surface area contributed by atoms with Crippen LogP contribution in [0, 0.1) is 6.42 Å². The zero-order chi connectivity index (χ0) is 9.68. The summed E-state index contributed by atoms with van der Waals surface area (Å²) >= 11 is 6.12. The highest BCUT2D eigenvalue weighted by molar-refractivity contribution is 6.31. The molecule has 0 N–H and O–H groups in total. The first kappa shape index (κ1) is 10.6. The van der Waals surface area contributed by atoms with E-state index in [1.54, 1.807) is 0 Å². The van der Waals surface area contributed by atoms with Gasteiger partial charge < -0.3 is 0 Å². The smallest absolute Gasteiger partial charge is 0.0440 e. The highest BCUT2D eigenvalue weighted by atomic mass is 35.5.